The molecule has 1 amide bonds. The number of piperidine rings is 2. The molecule has 2 saturated heterocycles. The molecule has 4 rings (SSSR count). The van der Waals surface area contributed by atoms with Crippen molar-refractivity contribution in [3.63, 3.8) is 0 Å². The highest BCUT2D eigenvalue weighted by Gasteiger charge is 2.43. The molecule has 0 aliphatic carbocycles. The van der Waals surface area contributed by atoms with Crippen LogP contribution in [0.25, 0.3) is 11.5 Å². The van der Waals surface area contributed by atoms with E-state index in [1.165, 1.54) is 0 Å². The topological polar surface area (TPSA) is 62.5 Å². The lowest BCUT2D eigenvalue weighted by atomic mass is 9.73. The molecule has 0 radical (unpaired) electrons. The van der Waals surface area contributed by atoms with Crippen molar-refractivity contribution in [1.29, 1.82) is 0 Å². The second kappa shape index (κ2) is 6.74. The summed E-state index contributed by atoms with van der Waals surface area (Å²) in [5, 5.41) is 4.22. The summed E-state index contributed by atoms with van der Waals surface area (Å²) in [5.41, 5.74) is 1.08. The molecule has 26 heavy (non-hydrogen) atoms. The summed E-state index contributed by atoms with van der Waals surface area (Å²) in [7, 11) is 0. The van der Waals surface area contributed by atoms with Gasteiger partial charge in [-0.15, -0.1) is 0 Å². The molecular formula is C20H26N4O2. The van der Waals surface area contributed by atoms with Gasteiger partial charge >= 0.3 is 0 Å². The highest BCUT2D eigenvalue weighted by Crippen LogP contribution is 2.40. The fraction of sp³-hybridized carbons (Fsp3) is 0.550. The largest absolute Gasteiger partial charge is 0.340 e. The molecule has 6 heteroatoms. The summed E-state index contributed by atoms with van der Waals surface area (Å²) in [6.07, 6.45) is 3.85. The van der Waals surface area contributed by atoms with E-state index in [9.17, 15) is 4.79 Å². The lowest BCUT2D eigenvalue weighted by Crippen LogP contribution is -2.55. The highest BCUT2D eigenvalue weighted by molar-refractivity contribution is 5.77. The molecule has 1 aromatic carbocycles. The summed E-state index contributed by atoms with van der Waals surface area (Å²) in [6, 6.07) is 10.1. The lowest BCUT2D eigenvalue weighted by molar-refractivity contribution is -0.140. The predicted octanol–water partition coefficient (Wildman–Crippen LogP) is 3.35. The van der Waals surface area contributed by atoms with Crippen molar-refractivity contribution in [3.05, 3.63) is 30.3 Å². The molecule has 2 aliphatic heterocycles. The van der Waals surface area contributed by atoms with Gasteiger partial charge in [-0.1, -0.05) is 18.2 Å². The number of hydrogen-bond donors (Lipinski definition) is 0. The van der Waals surface area contributed by atoms with Crippen LogP contribution in [0, 0.1) is 5.41 Å². The Balaban J connectivity index is 1.52. The van der Waals surface area contributed by atoms with E-state index in [0.717, 1.165) is 44.5 Å². The van der Waals surface area contributed by atoms with Crippen LogP contribution < -0.4 is 4.90 Å². The quantitative estimate of drug-likeness (QED) is 0.846. The van der Waals surface area contributed by atoms with Crippen molar-refractivity contribution in [1.82, 2.24) is 15.0 Å². The van der Waals surface area contributed by atoms with Crippen LogP contribution in [-0.2, 0) is 4.79 Å². The second-order valence-corrected chi connectivity index (χ2v) is 7.91. The Morgan fingerprint density at radius 3 is 2.73 bits per heavy atom. The van der Waals surface area contributed by atoms with Crippen LogP contribution in [0.2, 0.25) is 0 Å². The number of carbonyl (C=O) groups is 1. The van der Waals surface area contributed by atoms with E-state index in [2.05, 4.69) is 28.9 Å². The number of amides is 1. The van der Waals surface area contributed by atoms with Gasteiger partial charge in [0, 0.05) is 43.1 Å². The number of likely N-dealkylation sites (tertiary alicyclic amines) is 1. The summed E-state index contributed by atoms with van der Waals surface area (Å²) in [4.78, 5) is 21.1. The number of benzene rings is 1. The standard InChI is InChI=1S/C20H26N4O2/c1-15(2)24-14-20(11-9-17(24)25)10-6-12-23(13-20)19-21-18(26-22-19)16-7-4-3-5-8-16/h3-5,7-8,15H,6,9-14H2,1-2H3/t20-/m1/s1. The van der Waals surface area contributed by atoms with Crippen molar-refractivity contribution in [2.24, 2.45) is 5.41 Å². The van der Waals surface area contributed by atoms with E-state index < -0.39 is 0 Å². The maximum Gasteiger partial charge on any atom is 0.266 e. The minimum absolute atomic E-state index is 0.143. The van der Waals surface area contributed by atoms with Crippen LogP contribution >= 0.6 is 0 Å². The van der Waals surface area contributed by atoms with Crippen LogP contribution in [0.4, 0.5) is 5.95 Å². The Bertz CT molecular complexity index is 773. The van der Waals surface area contributed by atoms with E-state index in [4.69, 9.17) is 4.52 Å². The summed E-state index contributed by atoms with van der Waals surface area (Å²) < 4.78 is 5.49. The van der Waals surface area contributed by atoms with Crippen molar-refractivity contribution in [2.75, 3.05) is 24.5 Å². The van der Waals surface area contributed by atoms with Gasteiger partial charge in [-0.05, 0) is 50.4 Å². The van der Waals surface area contributed by atoms with Crippen molar-refractivity contribution >= 4 is 11.9 Å². The first kappa shape index (κ1) is 17.1. The monoisotopic (exact) mass is 354 g/mol. The molecule has 1 aromatic heterocycles. The smallest absolute Gasteiger partial charge is 0.266 e. The number of rotatable bonds is 3. The van der Waals surface area contributed by atoms with E-state index in [1.54, 1.807) is 0 Å². The van der Waals surface area contributed by atoms with Gasteiger partial charge in [-0.25, -0.2) is 0 Å². The second-order valence-electron chi connectivity index (χ2n) is 7.91. The number of hydrogen-bond acceptors (Lipinski definition) is 5. The van der Waals surface area contributed by atoms with E-state index in [-0.39, 0.29) is 17.4 Å². The SMILES string of the molecule is CC(C)N1C[C@]2(CCCN(c3noc(-c4ccccc4)n3)C2)CCC1=O. The van der Waals surface area contributed by atoms with E-state index >= 15 is 0 Å². The van der Waals surface area contributed by atoms with Crippen LogP contribution in [0.3, 0.4) is 0 Å². The summed E-state index contributed by atoms with van der Waals surface area (Å²) in [5.74, 6) is 1.51. The number of nitrogens with zero attached hydrogens (tertiary/aromatic N) is 4. The van der Waals surface area contributed by atoms with Crippen LogP contribution in [0.1, 0.15) is 39.5 Å². The third-order valence-corrected chi connectivity index (χ3v) is 5.70. The van der Waals surface area contributed by atoms with Gasteiger partial charge in [-0.3, -0.25) is 4.79 Å². The van der Waals surface area contributed by atoms with Crippen LogP contribution in [0.5, 0.6) is 0 Å². The van der Waals surface area contributed by atoms with Gasteiger partial charge in [0.2, 0.25) is 5.91 Å². The Hall–Kier alpha value is -2.37. The van der Waals surface area contributed by atoms with Crippen LogP contribution in [-0.4, -0.2) is 46.6 Å². The molecule has 0 bridgehead atoms. The Labute approximate surface area is 154 Å². The first-order valence-corrected chi connectivity index (χ1v) is 9.50. The molecular weight excluding hydrogens is 328 g/mol. The zero-order chi connectivity index (χ0) is 18.1. The average molecular weight is 354 g/mol. The fourth-order valence-electron chi connectivity index (χ4n) is 4.27. The highest BCUT2D eigenvalue weighted by atomic mass is 16.5. The molecule has 0 saturated carbocycles. The minimum atomic E-state index is 0.143. The van der Waals surface area contributed by atoms with Gasteiger partial charge in [0.25, 0.3) is 11.8 Å². The maximum atomic E-state index is 12.2. The third-order valence-electron chi connectivity index (χ3n) is 5.70. The Kier molecular flexibility index (Phi) is 4.42. The maximum absolute atomic E-state index is 12.2. The molecule has 0 N–H and O–H groups in total. The summed E-state index contributed by atoms with van der Waals surface area (Å²) >= 11 is 0. The molecule has 1 atom stereocenters. The predicted molar refractivity (Wildman–Crippen MR) is 99.7 cm³/mol. The lowest BCUT2D eigenvalue weighted by Gasteiger charge is -2.49. The normalized spacial score (nSPS) is 23.9. The third kappa shape index (κ3) is 3.20. The molecule has 2 aromatic rings. The van der Waals surface area contributed by atoms with Gasteiger partial charge < -0.3 is 14.3 Å². The van der Waals surface area contributed by atoms with E-state index in [1.807, 2.05) is 35.2 Å². The number of aromatic nitrogens is 2. The van der Waals surface area contributed by atoms with Gasteiger partial charge in [0.15, 0.2) is 0 Å². The number of carbonyl (C=O) groups excluding carboxylic acids is 1. The average Bonchev–Trinajstić information content (AvgIpc) is 3.15. The number of anilines is 1. The fourth-order valence-corrected chi connectivity index (χ4v) is 4.27. The Morgan fingerprint density at radius 2 is 1.96 bits per heavy atom. The zero-order valence-electron chi connectivity index (χ0n) is 15.5. The molecule has 2 aliphatic rings. The molecule has 2 fully saturated rings. The molecule has 0 unspecified atom stereocenters. The van der Waals surface area contributed by atoms with Gasteiger partial charge in [0.05, 0.1) is 0 Å². The molecule has 138 valence electrons. The van der Waals surface area contributed by atoms with Crippen molar-refractivity contribution in [2.45, 2.75) is 45.6 Å². The van der Waals surface area contributed by atoms with E-state index in [0.29, 0.717) is 18.3 Å². The minimum Gasteiger partial charge on any atom is -0.340 e. The summed E-state index contributed by atoms with van der Waals surface area (Å²) in [6.45, 7) is 6.86. The van der Waals surface area contributed by atoms with Crippen molar-refractivity contribution in [3.8, 4) is 11.5 Å². The molecule has 3 heterocycles. The molecule has 6 nitrogen and oxygen atoms in total. The first-order chi connectivity index (χ1) is 12.6. The van der Waals surface area contributed by atoms with Crippen LogP contribution in [0.15, 0.2) is 34.9 Å². The van der Waals surface area contributed by atoms with Gasteiger partial charge in [-0.2, -0.15) is 4.98 Å². The molecule has 1 spiro atoms. The van der Waals surface area contributed by atoms with Crippen molar-refractivity contribution < 1.29 is 9.32 Å². The zero-order valence-corrected chi connectivity index (χ0v) is 15.5. The Morgan fingerprint density at radius 1 is 1.15 bits per heavy atom. The first-order valence-electron chi connectivity index (χ1n) is 9.50. The van der Waals surface area contributed by atoms with Gasteiger partial charge in [0.1, 0.15) is 0 Å².